The number of halogens is 2. The quantitative estimate of drug-likeness (QED) is 0.577. The molecule has 0 aliphatic rings. The lowest BCUT2D eigenvalue weighted by atomic mass is 10.1. The molecule has 1 aromatic carbocycles. The van der Waals surface area contributed by atoms with Crippen LogP contribution in [-0.2, 0) is 13.5 Å². The molecule has 0 saturated carbocycles. The first kappa shape index (κ1) is 12.6. The molecule has 0 fully saturated rings. The number of hydrogen-bond donors (Lipinski definition) is 0. The van der Waals surface area contributed by atoms with Crippen LogP contribution >= 0.6 is 38.5 Å². The Morgan fingerprint density at radius 3 is 2.94 bits per heavy atom. The van der Waals surface area contributed by atoms with Crippen molar-refractivity contribution in [2.45, 2.75) is 6.42 Å². The summed E-state index contributed by atoms with van der Waals surface area (Å²) in [6, 6.07) is 5.60. The van der Waals surface area contributed by atoms with Gasteiger partial charge in [0, 0.05) is 13.6 Å². The summed E-state index contributed by atoms with van der Waals surface area (Å²) in [5, 5.41) is 11.5. The van der Waals surface area contributed by atoms with Crippen LogP contribution in [0, 0.1) is 3.57 Å². The van der Waals surface area contributed by atoms with Gasteiger partial charge in [-0.25, -0.2) is 0 Å². The number of aromatic nitrogens is 4. The molecule has 1 aromatic heterocycles. The maximum Gasteiger partial charge on any atom is 0.182 e. The summed E-state index contributed by atoms with van der Waals surface area (Å²) in [7, 11) is 1.67. The molecule has 17 heavy (non-hydrogen) atoms. The molecule has 0 amide bonds. The number of aryl methyl sites for hydroxylation is 1. The van der Waals surface area contributed by atoms with Crippen molar-refractivity contribution in [2.75, 3.05) is 0 Å². The zero-order chi connectivity index (χ0) is 12.4. The van der Waals surface area contributed by atoms with Gasteiger partial charge in [0.05, 0.1) is 13.5 Å². The number of nitrogens with zero attached hydrogens (tertiary/aromatic N) is 4. The summed E-state index contributed by atoms with van der Waals surface area (Å²) in [5.74, 6) is 0.428. The molecule has 2 rings (SSSR count). The van der Waals surface area contributed by atoms with Crippen LogP contribution in [0.25, 0.3) is 0 Å². The number of Topliss-reactive ketones (excluding diaryl/α,β-unsaturated/α-hetero) is 1. The average Bonchev–Trinajstić information content (AvgIpc) is 2.67. The van der Waals surface area contributed by atoms with E-state index in [9.17, 15) is 4.79 Å². The molecule has 0 aliphatic heterocycles. The first-order valence-corrected chi connectivity index (χ1v) is 6.64. The molecule has 0 spiro atoms. The molecule has 0 aliphatic carbocycles. The minimum atomic E-state index is -0.0105. The number of carbonyl (C=O) groups is 1. The molecular formula is C10H8BrIN4O. The first-order chi connectivity index (χ1) is 8.06. The zero-order valence-electron chi connectivity index (χ0n) is 8.89. The molecule has 1 heterocycles. The number of hydrogen-bond acceptors (Lipinski definition) is 4. The van der Waals surface area contributed by atoms with Gasteiger partial charge in [0.2, 0.25) is 0 Å². The Morgan fingerprint density at radius 1 is 1.53 bits per heavy atom. The van der Waals surface area contributed by atoms with Crippen LogP contribution in [0.4, 0.5) is 0 Å². The highest BCUT2D eigenvalue weighted by atomic mass is 127. The largest absolute Gasteiger partial charge is 0.294 e. The summed E-state index contributed by atoms with van der Waals surface area (Å²) in [5.41, 5.74) is 0.674. The highest BCUT2D eigenvalue weighted by Gasteiger charge is 2.14. The van der Waals surface area contributed by atoms with Crippen molar-refractivity contribution in [3.8, 4) is 0 Å². The van der Waals surface area contributed by atoms with Crippen LogP contribution < -0.4 is 0 Å². The van der Waals surface area contributed by atoms with Gasteiger partial charge in [0.1, 0.15) is 0 Å². The Bertz CT molecular complexity index is 569. The van der Waals surface area contributed by atoms with E-state index < -0.39 is 0 Å². The smallest absolute Gasteiger partial charge is 0.182 e. The van der Waals surface area contributed by atoms with Crippen molar-refractivity contribution in [1.82, 2.24) is 20.2 Å². The van der Waals surface area contributed by atoms with Crippen LogP contribution in [0.1, 0.15) is 16.2 Å². The van der Waals surface area contributed by atoms with Gasteiger partial charge in [0.25, 0.3) is 0 Å². The van der Waals surface area contributed by atoms with E-state index in [2.05, 4.69) is 53.9 Å². The lowest BCUT2D eigenvalue weighted by molar-refractivity contribution is 0.0990. The van der Waals surface area contributed by atoms with Crippen LogP contribution in [0.15, 0.2) is 22.7 Å². The van der Waals surface area contributed by atoms with E-state index in [1.54, 1.807) is 13.1 Å². The predicted octanol–water partition coefficient (Wildman–Crippen LogP) is 2.00. The van der Waals surface area contributed by atoms with Crippen LogP contribution in [-0.4, -0.2) is 26.0 Å². The molecule has 88 valence electrons. The molecular weight excluding hydrogens is 399 g/mol. The number of carbonyl (C=O) groups excluding carboxylic acids is 1. The maximum atomic E-state index is 12.1. The molecule has 2 aromatic rings. The van der Waals surface area contributed by atoms with Gasteiger partial charge in [-0.3, -0.25) is 4.79 Å². The second-order valence-corrected chi connectivity index (χ2v) is 5.50. The van der Waals surface area contributed by atoms with E-state index in [1.807, 2.05) is 12.1 Å². The third kappa shape index (κ3) is 3.09. The number of ketones is 1. The van der Waals surface area contributed by atoms with Gasteiger partial charge in [-0.05, 0) is 46.0 Å². The summed E-state index contributed by atoms with van der Waals surface area (Å²) < 4.78 is 1.80. The molecule has 0 radical (unpaired) electrons. The van der Waals surface area contributed by atoms with Gasteiger partial charge >= 0.3 is 0 Å². The average molecular weight is 407 g/mol. The van der Waals surface area contributed by atoms with Crippen LogP contribution in [0.5, 0.6) is 0 Å². The van der Waals surface area contributed by atoms with Crippen molar-refractivity contribution in [1.29, 1.82) is 0 Å². The Labute approximate surface area is 120 Å². The SMILES string of the molecule is Cn1nnc(CC(=O)c2cc(Br)ccc2I)n1. The molecule has 0 N–H and O–H groups in total. The molecule has 5 nitrogen and oxygen atoms in total. The van der Waals surface area contributed by atoms with E-state index >= 15 is 0 Å². The van der Waals surface area contributed by atoms with E-state index in [-0.39, 0.29) is 12.2 Å². The molecule has 0 unspecified atom stereocenters. The zero-order valence-corrected chi connectivity index (χ0v) is 12.6. The lowest BCUT2D eigenvalue weighted by Gasteiger charge is -2.02. The molecule has 0 bridgehead atoms. The van der Waals surface area contributed by atoms with Gasteiger partial charge in [-0.15, -0.1) is 10.2 Å². The third-order valence-corrected chi connectivity index (χ3v) is 3.53. The fourth-order valence-corrected chi connectivity index (χ4v) is 2.34. The Hall–Kier alpha value is -0.830. The van der Waals surface area contributed by atoms with Crippen LogP contribution in [0.3, 0.4) is 0 Å². The lowest BCUT2D eigenvalue weighted by Crippen LogP contribution is -2.07. The van der Waals surface area contributed by atoms with Gasteiger partial charge in [-0.2, -0.15) is 4.80 Å². The number of rotatable bonds is 3. The Kier molecular flexibility index (Phi) is 3.87. The normalized spacial score (nSPS) is 10.5. The van der Waals surface area contributed by atoms with E-state index in [0.29, 0.717) is 11.4 Å². The van der Waals surface area contributed by atoms with Crippen molar-refractivity contribution in [3.63, 3.8) is 0 Å². The summed E-state index contributed by atoms with van der Waals surface area (Å²) >= 11 is 5.49. The molecule has 0 atom stereocenters. The van der Waals surface area contributed by atoms with Crippen molar-refractivity contribution >= 4 is 44.3 Å². The highest BCUT2D eigenvalue weighted by Crippen LogP contribution is 2.19. The summed E-state index contributed by atoms with van der Waals surface area (Å²) in [4.78, 5) is 13.4. The summed E-state index contributed by atoms with van der Waals surface area (Å²) in [6.45, 7) is 0. The van der Waals surface area contributed by atoms with Gasteiger partial charge < -0.3 is 0 Å². The predicted molar refractivity (Wildman–Crippen MR) is 73.7 cm³/mol. The fraction of sp³-hybridized carbons (Fsp3) is 0.200. The van der Waals surface area contributed by atoms with E-state index in [1.165, 1.54) is 4.80 Å². The standard InChI is InChI=1S/C10H8BrIN4O/c1-16-14-10(13-15-16)5-9(17)7-4-6(11)2-3-8(7)12/h2-4H,5H2,1H3. The Morgan fingerprint density at radius 2 is 2.29 bits per heavy atom. The monoisotopic (exact) mass is 406 g/mol. The van der Waals surface area contributed by atoms with Crippen molar-refractivity contribution in [2.24, 2.45) is 7.05 Å². The number of tetrazole rings is 1. The second kappa shape index (κ2) is 5.21. The fourth-order valence-electron chi connectivity index (χ4n) is 1.34. The van der Waals surface area contributed by atoms with Gasteiger partial charge in [0.15, 0.2) is 11.6 Å². The number of benzene rings is 1. The third-order valence-electron chi connectivity index (χ3n) is 2.10. The summed E-state index contributed by atoms with van der Waals surface area (Å²) in [6.07, 6.45) is 0.167. The van der Waals surface area contributed by atoms with Crippen molar-refractivity contribution < 1.29 is 4.79 Å². The minimum absolute atomic E-state index is 0.0105. The molecule has 7 heteroatoms. The first-order valence-electron chi connectivity index (χ1n) is 4.77. The van der Waals surface area contributed by atoms with Gasteiger partial charge in [-0.1, -0.05) is 15.9 Å². The maximum absolute atomic E-state index is 12.1. The topological polar surface area (TPSA) is 60.7 Å². The van der Waals surface area contributed by atoms with Crippen molar-refractivity contribution in [3.05, 3.63) is 37.6 Å². The van der Waals surface area contributed by atoms with E-state index in [0.717, 1.165) is 8.04 Å². The Balaban J connectivity index is 2.22. The highest BCUT2D eigenvalue weighted by molar-refractivity contribution is 14.1. The van der Waals surface area contributed by atoms with E-state index in [4.69, 9.17) is 0 Å². The minimum Gasteiger partial charge on any atom is -0.294 e. The second-order valence-electron chi connectivity index (χ2n) is 3.42. The van der Waals surface area contributed by atoms with Crippen LogP contribution in [0.2, 0.25) is 0 Å². The molecule has 0 saturated heterocycles.